The van der Waals surface area contributed by atoms with Crippen LogP contribution in [0.5, 0.6) is 5.75 Å². The maximum atomic E-state index is 12.0. The molecular weight excluding hydrogens is 255 g/mol. The van der Waals surface area contributed by atoms with Crippen molar-refractivity contribution >= 4 is 0 Å². The topological polar surface area (TPSA) is 21.3 Å². The van der Waals surface area contributed by atoms with Crippen molar-refractivity contribution in [3.8, 4) is 5.75 Å². The van der Waals surface area contributed by atoms with Crippen molar-refractivity contribution in [1.82, 2.24) is 5.32 Å². The first-order chi connectivity index (χ1) is 8.86. The van der Waals surface area contributed by atoms with E-state index < -0.39 is 6.36 Å². The third-order valence-electron chi connectivity index (χ3n) is 3.58. The average molecular weight is 273 g/mol. The Kier molecular flexibility index (Phi) is 4.04. The first kappa shape index (κ1) is 14.2. The molecule has 2 nitrogen and oxygen atoms in total. The van der Waals surface area contributed by atoms with Crippen molar-refractivity contribution in [2.75, 3.05) is 0 Å². The van der Waals surface area contributed by atoms with E-state index >= 15 is 0 Å². The standard InChI is InChI=1S/C14H18F3NO/c1-13(8-2-3-9-13)18-10-11-4-6-12(7-5-11)19-14(15,16)17/h4-7,18H,2-3,8-10H2,1H3. The summed E-state index contributed by atoms with van der Waals surface area (Å²) in [6, 6.07) is 6.02. The Bertz CT molecular complexity index is 408. The molecule has 0 spiro atoms. The van der Waals surface area contributed by atoms with Gasteiger partial charge in [-0.05, 0) is 37.5 Å². The quantitative estimate of drug-likeness (QED) is 0.895. The van der Waals surface area contributed by atoms with E-state index in [0.29, 0.717) is 6.54 Å². The van der Waals surface area contributed by atoms with Crippen molar-refractivity contribution in [1.29, 1.82) is 0 Å². The van der Waals surface area contributed by atoms with Crippen LogP contribution in [0.3, 0.4) is 0 Å². The summed E-state index contributed by atoms with van der Waals surface area (Å²) >= 11 is 0. The Morgan fingerprint density at radius 1 is 1.16 bits per heavy atom. The predicted molar refractivity (Wildman–Crippen MR) is 66.8 cm³/mol. The largest absolute Gasteiger partial charge is 0.573 e. The van der Waals surface area contributed by atoms with E-state index in [9.17, 15) is 13.2 Å². The van der Waals surface area contributed by atoms with Crippen LogP contribution < -0.4 is 10.1 Å². The Morgan fingerprint density at radius 2 is 1.74 bits per heavy atom. The second-order valence-corrected chi connectivity index (χ2v) is 5.31. The van der Waals surface area contributed by atoms with Gasteiger partial charge in [-0.15, -0.1) is 13.2 Å². The molecule has 19 heavy (non-hydrogen) atoms. The number of rotatable bonds is 4. The van der Waals surface area contributed by atoms with Gasteiger partial charge in [-0.2, -0.15) is 0 Å². The van der Waals surface area contributed by atoms with Crippen molar-refractivity contribution in [2.24, 2.45) is 0 Å². The predicted octanol–water partition coefficient (Wildman–Crippen LogP) is 4.01. The molecule has 0 aliphatic heterocycles. The SMILES string of the molecule is CC1(NCc2ccc(OC(F)(F)F)cc2)CCCC1. The van der Waals surface area contributed by atoms with Gasteiger partial charge < -0.3 is 10.1 Å². The van der Waals surface area contributed by atoms with E-state index in [0.717, 1.165) is 18.4 Å². The highest BCUT2D eigenvalue weighted by molar-refractivity contribution is 5.27. The maximum absolute atomic E-state index is 12.0. The molecule has 0 aromatic heterocycles. The Balaban J connectivity index is 1.88. The van der Waals surface area contributed by atoms with Crippen LogP contribution in [-0.2, 0) is 6.54 Å². The third kappa shape index (κ3) is 4.42. The molecule has 0 radical (unpaired) electrons. The molecule has 0 unspecified atom stereocenters. The van der Waals surface area contributed by atoms with Gasteiger partial charge in [-0.25, -0.2) is 0 Å². The van der Waals surface area contributed by atoms with E-state index in [-0.39, 0.29) is 11.3 Å². The summed E-state index contributed by atoms with van der Waals surface area (Å²) in [6.45, 7) is 2.87. The second kappa shape index (κ2) is 5.41. The fourth-order valence-electron chi connectivity index (χ4n) is 2.46. The first-order valence-electron chi connectivity index (χ1n) is 6.46. The lowest BCUT2D eigenvalue weighted by Gasteiger charge is -2.25. The number of nitrogens with one attached hydrogen (secondary N) is 1. The number of ether oxygens (including phenoxy) is 1. The summed E-state index contributed by atoms with van der Waals surface area (Å²) in [5.41, 5.74) is 1.13. The zero-order chi connectivity index (χ0) is 13.9. The average Bonchev–Trinajstić information content (AvgIpc) is 2.74. The molecule has 1 aromatic rings. The highest BCUT2D eigenvalue weighted by Gasteiger charge is 2.31. The summed E-state index contributed by atoms with van der Waals surface area (Å²) in [4.78, 5) is 0. The van der Waals surface area contributed by atoms with Crippen molar-refractivity contribution in [3.05, 3.63) is 29.8 Å². The Hall–Kier alpha value is -1.23. The number of alkyl halides is 3. The van der Waals surface area contributed by atoms with E-state index in [4.69, 9.17) is 0 Å². The second-order valence-electron chi connectivity index (χ2n) is 5.31. The van der Waals surface area contributed by atoms with Crippen molar-refractivity contribution in [2.45, 2.75) is 51.1 Å². The fraction of sp³-hybridized carbons (Fsp3) is 0.571. The van der Waals surface area contributed by atoms with Gasteiger partial charge in [0.15, 0.2) is 0 Å². The van der Waals surface area contributed by atoms with Crippen LogP contribution in [0.2, 0.25) is 0 Å². The Labute approximate surface area is 111 Å². The Morgan fingerprint density at radius 3 is 2.26 bits per heavy atom. The van der Waals surface area contributed by atoms with Gasteiger partial charge >= 0.3 is 6.36 Å². The van der Waals surface area contributed by atoms with E-state index in [1.165, 1.54) is 25.0 Å². The molecule has 1 saturated carbocycles. The number of benzene rings is 1. The molecule has 1 N–H and O–H groups in total. The van der Waals surface area contributed by atoms with Gasteiger partial charge in [0.05, 0.1) is 0 Å². The number of hydrogen-bond acceptors (Lipinski definition) is 2. The third-order valence-corrected chi connectivity index (χ3v) is 3.58. The summed E-state index contributed by atoms with van der Waals surface area (Å²) in [5.74, 6) is -0.177. The van der Waals surface area contributed by atoms with Gasteiger partial charge in [0.1, 0.15) is 5.75 Å². The van der Waals surface area contributed by atoms with Crippen LogP contribution >= 0.6 is 0 Å². The maximum Gasteiger partial charge on any atom is 0.573 e. The van der Waals surface area contributed by atoms with E-state index in [2.05, 4.69) is 17.0 Å². The van der Waals surface area contributed by atoms with Crippen LogP contribution in [0, 0.1) is 0 Å². The first-order valence-corrected chi connectivity index (χ1v) is 6.46. The van der Waals surface area contributed by atoms with Crippen LogP contribution in [0.4, 0.5) is 13.2 Å². The molecule has 1 fully saturated rings. The smallest absolute Gasteiger partial charge is 0.406 e. The molecule has 1 aliphatic rings. The molecule has 1 aliphatic carbocycles. The highest BCUT2D eigenvalue weighted by atomic mass is 19.4. The summed E-state index contributed by atoms with van der Waals surface area (Å²) in [7, 11) is 0. The van der Waals surface area contributed by atoms with Crippen molar-refractivity contribution in [3.63, 3.8) is 0 Å². The van der Waals surface area contributed by atoms with Gasteiger partial charge in [0, 0.05) is 12.1 Å². The van der Waals surface area contributed by atoms with Gasteiger partial charge in [0.2, 0.25) is 0 Å². The number of halogens is 3. The minimum absolute atomic E-state index is 0.168. The van der Waals surface area contributed by atoms with E-state index in [1.807, 2.05) is 0 Å². The molecule has 5 heteroatoms. The summed E-state index contributed by atoms with van der Waals surface area (Å²) in [6.07, 6.45) is 0.158. The van der Waals surface area contributed by atoms with Gasteiger partial charge in [-0.1, -0.05) is 25.0 Å². The monoisotopic (exact) mass is 273 g/mol. The fourth-order valence-corrected chi connectivity index (χ4v) is 2.46. The lowest BCUT2D eigenvalue weighted by atomic mass is 10.0. The van der Waals surface area contributed by atoms with Crippen molar-refractivity contribution < 1.29 is 17.9 Å². The molecule has 2 rings (SSSR count). The molecule has 0 saturated heterocycles. The van der Waals surface area contributed by atoms with Gasteiger partial charge in [0.25, 0.3) is 0 Å². The lowest BCUT2D eigenvalue weighted by molar-refractivity contribution is -0.274. The van der Waals surface area contributed by atoms with Crippen LogP contribution in [-0.4, -0.2) is 11.9 Å². The molecule has 106 valence electrons. The molecule has 0 atom stereocenters. The molecule has 0 amide bonds. The minimum atomic E-state index is -4.63. The number of hydrogen-bond donors (Lipinski definition) is 1. The summed E-state index contributed by atoms with van der Waals surface area (Å²) < 4.78 is 39.9. The molecule has 0 bridgehead atoms. The summed E-state index contributed by atoms with van der Waals surface area (Å²) in [5, 5.41) is 3.48. The lowest BCUT2D eigenvalue weighted by Crippen LogP contribution is -2.38. The van der Waals surface area contributed by atoms with Gasteiger partial charge in [-0.3, -0.25) is 0 Å². The normalized spacial score (nSPS) is 18.5. The minimum Gasteiger partial charge on any atom is -0.406 e. The zero-order valence-electron chi connectivity index (χ0n) is 10.9. The molecule has 0 heterocycles. The van der Waals surface area contributed by atoms with Crippen LogP contribution in [0.25, 0.3) is 0 Å². The van der Waals surface area contributed by atoms with E-state index in [1.54, 1.807) is 12.1 Å². The van der Waals surface area contributed by atoms with Crippen LogP contribution in [0.15, 0.2) is 24.3 Å². The zero-order valence-corrected chi connectivity index (χ0v) is 10.9. The molecule has 1 aromatic carbocycles. The highest BCUT2D eigenvalue weighted by Crippen LogP contribution is 2.29. The molecular formula is C14H18F3NO. The van der Waals surface area contributed by atoms with Crippen LogP contribution in [0.1, 0.15) is 38.2 Å².